The summed E-state index contributed by atoms with van der Waals surface area (Å²) in [5.74, 6) is -1.19. The summed E-state index contributed by atoms with van der Waals surface area (Å²) in [4.78, 5) is 11.9. The molecule has 20 heavy (non-hydrogen) atoms. The molecule has 110 valence electrons. The van der Waals surface area contributed by atoms with E-state index in [2.05, 4.69) is 5.32 Å². The number of halogens is 2. The highest BCUT2D eigenvalue weighted by Crippen LogP contribution is 2.27. The molecule has 1 amide bonds. The van der Waals surface area contributed by atoms with Crippen LogP contribution in [0.4, 0.5) is 8.78 Å². The standard InChI is InChI=1S/C15H20F2N2O/c1-9(12-6-5-11(16)8-13(12)17)19-15(20)7-10-3-2-4-14(10)18/h5-6,8-10,14H,2-4,7,18H2,1H3,(H,19,20)/t9?,10-,14+/m0/s1. The fraction of sp³-hybridized carbons (Fsp3) is 0.533. The number of carbonyl (C=O) groups excluding carboxylic acids is 1. The lowest BCUT2D eigenvalue weighted by Crippen LogP contribution is -2.33. The third-order valence-corrected chi connectivity index (χ3v) is 3.97. The molecule has 1 aliphatic carbocycles. The number of carbonyl (C=O) groups is 1. The Labute approximate surface area is 117 Å². The number of hydrogen-bond donors (Lipinski definition) is 2. The van der Waals surface area contributed by atoms with E-state index in [1.54, 1.807) is 6.92 Å². The van der Waals surface area contributed by atoms with Gasteiger partial charge in [0.05, 0.1) is 6.04 Å². The van der Waals surface area contributed by atoms with Gasteiger partial charge in [0.25, 0.3) is 0 Å². The summed E-state index contributed by atoms with van der Waals surface area (Å²) < 4.78 is 26.5. The second-order valence-corrected chi connectivity index (χ2v) is 5.51. The predicted octanol–water partition coefficient (Wildman–Crippen LogP) is 2.66. The van der Waals surface area contributed by atoms with E-state index in [-0.39, 0.29) is 23.4 Å². The molecular formula is C15H20F2N2O. The Balaban J connectivity index is 1.93. The molecule has 1 aromatic rings. The lowest BCUT2D eigenvalue weighted by Gasteiger charge is -2.18. The number of hydrogen-bond acceptors (Lipinski definition) is 2. The fourth-order valence-corrected chi connectivity index (χ4v) is 2.79. The summed E-state index contributed by atoms with van der Waals surface area (Å²) in [6.07, 6.45) is 3.35. The van der Waals surface area contributed by atoms with Crippen LogP contribution in [0.1, 0.15) is 44.2 Å². The number of nitrogens with one attached hydrogen (secondary N) is 1. The van der Waals surface area contributed by atoms with Crippen molar-refractivity contribution in [2.45, 2.75) is 44.7 Å². The summed E-state index contributed by atoms with van der Waals surface area (Å²) in [6, 6.07) is 2.97. The molecule has 1 aromatic carbocycles. The molecular weight excluding hydrogens is 262 g/mol. The number of amides is 1. The van der Waals surface area contributed by atoms with Crippen LogP contribution in [0.5, 0.6) is 0 Å². The van der Waals surface area contributed by atoms with Gasteiger partial charge in [0.2, 0.25) is 5.91 Å². The minimum Gasteiger partial charge on any atom is -0.349 e. The Morgan fingerprint density at radius 3 is 2.80 bits per heavy atom. The zero-order chi connectivity index (χ0) is 14.7. The van der Waals surface area contributed by atoms with Crippen LogP contribution in [0.25, 0.3) is 0 Å². The van der Waals surface area contributed by atoms with Crippen LogP contribution in [-0.2, 0) is 4.79 Å². The van der Waals surface area contributed by atoms with Crippen molar-refractivity contribution in [3.8, 4) is 0 Å². The molecule has 0 heterocycles. The third-order valence-electron chi connectivity index (χ3n) is 3.97. The molecule has 1 saturated carbocycles. The number of rotatable bonds is 4. The zero-order valence-electron chi connectivity index (χ0n) is 11.5. The van der Waals surface area contributed by atoms with Crippen molar-refractivity contribution >= 4 is 5.91 Å². The molecule has 1 unspecified atom stereocenters. The molecule has 0 saturated heterocycles. The van der Waals surface area contributed by atoms with Gasteiger partial charge in [-0.3, -0.25) is 4.79 Å². The Hall–Kier alpha value is -1.49. The Bertz CT molecular complexity index is 493. The largest absolute Gasteiger partial charge is 0.349 e. The quantitative estimate of drug-likeness (QED) is 0.892. The molecule has 5 heteroatoms. The summed E-state index contributed by atoms with van der Waals surface area (Å²) >= 11 is 0. The predicted molar refractivity (Wildman–Crippen MR) is 72.8 cm³/mol. The van der Waals surface area contributed by atoms with Gasteiger partial charge in [0.15, 0.2) is 0 Å². The van der Waals surface area contributed by atoms with Gasteiger partial charge in [0.1, 0.15) is 11.6 Å². The molecule has 1 fully saturated rings. The Kier molecular flexibility index (Phi) is 4.70. The molecule has 0 spiro atoms. The summed E-state index contributed by atoms with van der Waals surface area (Å²) in [6.45, 7) is 1.68. The van der Waals surface area contributed by atoms with Crippen molar-refractivity contribution in [1.29, 1.82) is 0 Å². The van der Waals surface area contributed by atoms with E-state index in [0.717, 1.165) is 25.3 Å². The van der Waals surface area contributed by atoms with Crippen LogP contribution in [0.15, 0.2) is 18.2 Å². The number of nitrogens with two attached hydrogens (primary N) is 1. The van der Waals surface area contributed by atoms with Crippen molar-refractivity contribution in [2.75, 3.05) is 0 Å². The first-order chi connectivity index (χ1) is 9.47. The molecule has 0 radical (unpaired) electrons. The van der Waals surface area contributed by atoms with Crippen LogP contribution >= 0.6 is 0 Å². The topological polar surface area (TPSA) is 55.1 Å². The molecule has 1 aliphatic rings. The number of benzene rings is 1. The molecule has 0 bridgehead atoms. The first-order valence-electron chi connectivity index (χ1n) is 6.97. The maximum absolute atomic E-state index is 13.6. The van der Waals surface area contributed by atoms with E-state index < -0.39 is 17.7 Å². The normalized spacial score (nSPS) is 23.6. The second kappa shape index (κ2) is 6.31. The smallest absolute Gasteiger partial charge is 0.220 e. The van der Waals surface area contributed by atoms with Crippen molar-refractivity contribution in [3.63, 3.8) is 0 Å². The van der Waals surface area contributed by atoms with E-state index in [1.807, 2.05) is 0 Å². The Morgan fingerprint density at radius 1 is 1.45 bits per heavy atom. The average molecular weight is 282 g/mol. The average Bonchev–Trinajstić information content (AvgIpc) is 2.74. The van der Waals surface area contributed by atoms with Gasteiger partial charge in [0, 0.05) is 24.1 Å². The van der Waals surface area contributed by atoms with Gasteiger partial charge in [-0.1, -0.05) is 12.5 Å². The van der Waals surface area contributed by atoms with Crippen LogP contribution in [-0.4, -0.2) is 11.9 Å². The van der Waals surface area contributed by atoms with E-state index in [0.29, 0.717) is 6.42 Å². The van der Waals surface area contributed by atoms with Gasteiger partial charge >= 0.3 is 0 Å². The van der Waals surface area contributed by atoms with Crippen molar-refractivity contribution in [3.05, 3.63) is 35.4 Å². The second-order valence-electron chi connectivity index (χ2n) is 5.51. The molecule has 3 nitrogen and oxygen atoms in total. The summed E-state index contributed by atoms with van der Waals surface area (Å²) in [5, 5.41) is 2.75. The maximum atomic E-state index is 13.6. The molecule has 3 N–H and O–H groups in total. The SMILES string of the molecule is CC(NC(=O)C[C@@H]1CCC[C@H]1N)c1ccc(F)cc1F. The highest BCUT2D eigenvalue weighted by molar-refractivity contribution is 5.76. The lowest BCUT2D eigenvalue weighted by atomic mass is 9.99. The maximum Gasteiger partial charge on any atom is 0.220 e. The van der Waals surface area contributed by atoms with E-state index in [1.165, 1.54) is 12.1 Å². The third kappa shape index (κ3) is 3.54. The highest BCUT2D eigenvalue weighted by Gasteiger charge is 2.26. The lowest BCUT2D eigenvalue weighted by molar-refractivity contribution is -0.122. The molecule has 2 rings (SSSR count). The van der Waals surface area contributed by atoms with Crippen LogP contribution in [0.2, 0.25) is 0 Å². The first kappa shape index (κ1) is 14.9. The molecule has 0 aromatic heterocycles. The van der Waals surface area contributed by atoms with E-state index in [4.69, 9.17) is 5.73 Å². The van der Waals surface area contributed by atoms with Crippen LogP contribution in [0, 0.1) is 17.6 Å². The molecule has 3 atom stereocenters. The van der Waals surface area contributed by atoms with Crippen LogP contribution < -0.4 is 11.1 Å². The zero-order valence-corrected chi connectivity index (χ0v) is 11.5. The first-order valence-corrected chi connectivity index (χ1v) is 6.97. The van der Waals surface area contributed by atoms with Crippen molar-refractivity contribution in [1.82, 2.24) is 5.32 Å². The summed E-state index contributed by atoms with van der Waals surface area (Å²) in [7, 11) is 0. The van der Waals surface area contributed by atoms with Gasteiger partial charge < -0.3 is 11.1 Å². The van der Waals surface area contributed by atoms with Gasteiger partial charge in [-0.25, -0.2) is 8.78 Å². The minimum atomic E-state index is -0.643. The van der Waals surface area contributed by atoms with Gasteiger partial charge in [-0.05, 0) is 31.7 Å². The molecule has 0 aliphatic heterocycles. The fourth-order valence-electron chi connectivity index (χ4n) is 2.79. The van der Waals surface area contributed by atoms with Crippen LogP contribution in [0.3, 0.4) is 0 Å². The monoisotopic (exact) mass is 282 g/mol. The van der Waals surface area contributed by atoms with Crippen molar-refractivity contribution in [2.24, 2.45) is 11.7 Å². The van der Waals surface area contributed by atoms with E-state index in [9.17, 15) is 13.6 Å². The highest BCUT2D eigenvalue weighted by atomic mass is 19.1. The van der Waals surface area contributed by atoms with Gasteiger partial charge in [-0.15, -0.1) is 0 Å². The van der Waals surface area contributed by atoms with Crippen molar-refractivity contribution < 1.29 is 13.6 Å². The Morgan fingerprint density at radius 2 is 2.20 bits per heavy atom. The van der Waals surface area contributed by atoms with E-state index >= 15 is 0 Å². The van der Waals surface area contributed by atoms with Gasteiger partial charge in [-0.2, -0.15) is 0 Å². The minimum absolute atomic E-state index is 0.0820. The summed E-state index contributed by atoms with van der Waals surface area (Å²) in [5.41, 5.74) is 6.22.